The number of aryl methyl sites for hydroxylation is 1. The van der Waals surface area contributed by atoms with Crippen LogP contribution in [0.5, 0.6) is 0 Å². The van der Waals surface area contributed by atoms with Gasteiger partial charge in [0.25, 0.3) is 11.6 Å². The summed E-state index contributed by atoms with van der Waals surface area (Å²) >= 11 is 0. The quantitative estimate of drug-likeness (QED) is 0.485. The fourth-order valence-corrected chi connectivity index (χ4v) is 5.69. The molecular weight excluding hydrogens is 348 g/mol. The van der Waals surface area contributed by atoms with Crippen LogP contribution in [-0.4, -0.2) is 23.4 Å². The summed E-state index contributed by atoms with van der Waals surface area (Å²) in [6.07, 6.45) is 5.73. The van der Waals surface area contributed by atoms with Gasteiger partial charge in [-0.15, -0.1) is 0 Å². The second kappa shape index (κ2) is 6.94. The summed E-state index contributed by atoms with van der Waals surface area (Å²) in [4.78, 5) is 35.4. The van der Waals surface area contributed by atoms with Crippen molar-refractivity contribution in [2.75, 3.05) is 11.9 Å². The zero-order valence-corrected chi connectivity index (χ0v) is 15.3. The molecule has 0 saturated heterocycles. The number of hydrogen-bond donors (Lipinski definition) is 1. The van der Waals surface area contributed by atoms with Crippen LogP contribution in [0, 0.1) is 46.6 Å². The molecule has 5 rings (SSSR count). The zero-order valence-electron chi connectivity index (χ0n) is 15.3. The van der Waals surface area contributed by atoms with E-state index in [0.717, 1.165) is 37.5 Å². The molecule has 4 aliphatic rings. The summed E-state index contributed by atoms with van der Waals surface area (Å²) in [5.41, 5.74) is 0.568. The van der Waals surface area contributed by atoms with Crippen molar-refractivity contribution >= 4 is 23.3 Å². The SMILES string of the molecule is Cc1cccc([N+](=O)[O-])c1NC(=O)COC(=O)C1C2CC3CC(C2)CC1C3. The van der Waals surface area contributed by atoms with Crippen LogP contribution in [-0.2, 0) is 14.3 Å². The van der Waals surface area contributed by atoms with Gasteiger partial charge in [0.15, 0.2) is 6.61 Å². The molecular formula is C20H24N2O5. The molecule has 0 heterocycles. The highest BCUT2D eigenvalue weighted by molar-refractivity contribution is 5.95. The van der Waals surface area contributed by atoms with Gasteiger partial charge in [-0.2, -0.15) is 0 Å². The number of esters is 1. The number of nitro benzene ring substituents is 1. The molecule has 1 amide bonds. The number of amides is 1. The first-order chi connectivity index (χ1) is 12.9. The van der Waals surface area contributed by atoms with Crippen molar-refractivity contribution in [3.05, 3.63) is 33.9 Å². The number of nitrogens with zero attached hydrogens (tertiary/aromatic N) is 1. The summed E-state index contributed by atoms with van der Waals surface area (Å²) < 4.78 is 5.32. The Labute approximate surface area is 157 Å². The molecule has 7 heteroatoms. The van der Waals surface area contributed by atoms with Crippen LogP contribution in [0.4, 0.5) is 11.4 Å². The lowest BCUT2D eigenvalue weighted by atomic mass is 9.52. The van der Waals surface area contributed by atoms with E-state index in [9.17, 15) is 19.7 Å². The molecule has 0 radical (unpaired) electrons. The van der Waals surface area contributed by atoms with Gasteiger partial charge in [0.1, 0.15) is 5.69 Å². The Morgan fingerprint density at radius 2 is 1.78 bits per heavy atom. The molecule has 4 aliphatic carbocycles. The van der Waals surface area contributed by atoms with Gasteiger partial charge in [-0.05, 0) is 68.3 Å². The smallest absolute Gasteiger partial charge is 0.310 e. The Hall–Kier alpha value is -2.44. The topological polar surface area (TPSA) is 98.5 Å². The lowest BCUT2D eigenvalue weighted by molar-refractivity contribution is -0.384. The molecule has 0 aliphatic heterocycles. The van der Waals surface area contributed by atoms with E-state index in [2.05, 4.69) is 5.32 Å². The number of nitrogens with one attached hydrogen (secondary N) is 1. The van der Waals surface area contributed by atoms with Gasteiger partial charge in [0.05, 0.1) is 10.8 Å². The van der Waals surface area contributed by atoms with Crippen molar-refractivity contribution < 1.29 is 19.2 Å². The number of carbonyl (C=O) groups is 2. The second-order valence-electron chi connectivity index (χ2n) is 8.34. The molecule has 27 heavy (non-hydrogen) atoms. The average Bonchev–Trinajstić information content (AvgIpc) is 2.60. The molecule has 0 spiro atoms. The van der Waals surface area contributed by atoms with Gasteiger partial charge in [-0.3, -0.25) is 19.7 Å². The zero-order chi connectivity index (χ0) is 19.1. The van der Waals surface area contributed by atoms with Crippen molar-refractivity contribution in [1.29, 1.82) is 0 Å². The molecule has 1 aromatic carbocycles. The number of nitro groups is 1. The molecule has 0 aromatic heterocycles. The molecule has 144 valence electrons. The van der Waals surface area contributed by atoms with E-state index >= 15 is 0 Å². The minimum atomic E-state index is -0.551. The van der Waals surface area contributed by atoms with Crippen molar-refractivity contribution in [2.24, 2.45) is 29.6 Å². The van der Waals surface area contributed by atoms with E-state index in [-0.39, 0.29) is 23.3 Å². The van der Waals surface area contributed by atoms with E-state index in [1.165, 1.54) is 12.5 Å². The molecule has 0 atom stereocenters. The normalized spacial score (nSPS) is 30.8. The first-order valence-electron chi connectivity index (χ1n) is 9.63. The average molecular weight is 372 g/mol. The first kappa shape index (κ1) is 17.9. The number of rotatable bonds is 5. The summed E-state index contributed by atoms with van der Waals surface area (Å²) in [5.74, 6) is 1.41. The van der Waals surface area contributed by atoms with Gasteiger partial charge >= 0.3 is 5.97 Å². The summed E-state index contributed by atoms with van der Waals surface area (Å²) in [6.45, 7) is 1.27. The van der Waals surface area contributed by atoms with E-state index in [1.807, 2.05) is 0 Å². The van der Waals surface area contributed by atoms with E-state index in [0.29, 0.717) is 17.4 Å². The number of para-hydroxylation sites is 1. The number of carbonyl (C=O) groups excluding carboxylic acids is 2. The third kappa shape index (κ3) is 3.42. The predicted molar refractivity (Wildman–Crippen MR) is 98.0 cm³/mol. The largest absolute Gasteiger partial charge is 0.455 e. The van der Waals surface area contributed by atoms with Gasteiger partial charge in [0, 0.05) is 6.07 Å². The van der Waals surface area contributed by atoms with Crippen molar-refractivity contribution in [2.45, 2.75) is 39.0 Å². The maximum atomic E-state index is 12.6. The third-order valence-corrected chi connectivity index (χ3v) is 6.56. The molecule has 7 nitrogen and oxygen atoms in total. The number of ether oxygens (including phenoxy) is 1. The highest BCUT2D eigenvalue weighted by atomic mass is 16.6. The van der Waals surface area contributed by atoms with Crippen LogP contribution in [0.25, 0.3) is 0 Å². The van der Waals surface area contributed by atoms with E-state index < -0.39 is 17.4 Å². The number of benzene rings is 1. The predicted octanol–water partition coefficient (Wildman–Crippen LogP) is 3.46. The van der Waals surface area contributed by atoms with E-state index in [4.69, 9.17) is 4.74 Å². The minimum Gasteiger partial charge on any atom is -0.455 e. The van der Waals surface area contributed by atoms with Crippen LogP contribution in [0.15, 0.2) is 18.2 Å². The summed E-state index contributed by atoms with van der Waals surface area (Å²) in [7, 11) is 0. The number of anilines is 1. The van der Waals surface area contributed by atoms with Crippen molar-refractivity contribution in [3.63, 3.8) is 0 Å². The van der Waals surface area contributed by atoms with Gasteiger partial charge in [-0.25, -0.2) is 0 Å². The van der Waals surface area contributed by atoms with Crippen LogP contribution >= 0.6 is 0 Å². The van der Waals surface area contributed by atoms with Gasteiger partial charge in [0.2, 0.25) is 0 Å². The first-order valence-corrected chi connectivity index (χ1v) is 9.63. The van der Waals surface area contributed by atoms with Crippen molar-refractivity contribution in [1.82, 2.24) is 0 Å². The standard InChI is InChI=1S/C20H24N2O5/c1-11-3-2-4-16(22(25)26)19(11)21-17(23)10-27-20(24)18-14-6-12-5-13(8-14)9-15(18)7-12/h2-4,12-15,18H,5-10H2,1H3,(H,21,23). The van der Waals surface area contributed by atoms with Crippen LogP contribution in [0.2, 0.25) is 0 Å². The van der Waals surface area contributed by atoms with E-state index in [1.54, 1.807) is 19.1 Å². The van der Waals surface area contributed by atoms with Crippen LogP contribution in [0.3, 0.4) is 0 Å². The molecule has 4 fully saturated rings. The molecule has 4 bridgehead atoms. The minimum absolute atomic E-state index is 0.0848. The highest BCUT2D eigenvalue weighted by Crippen LogP contribution is 2.56. The summed E-state index contributed by atoms with van der Waals surface area (Å²) in [6, 6.07) is 4.59. The fraction of sp³-hybridized carbons (Fsp3) is 0.600. The Morgan fingerprint density at radius 1 is 1.15 bits per heavy atom. The van der Waals surface area contributed by atoms with Crippen LogP contribution in [0.1, 0.15) is 37.7 Å². The molecule has 1 aromatic rings. The Kier molecular flexibility index (Phi) is 4.61. The second-order valence-corrected chi connectivity index (χ2v) is 8.34. The lowest BCUT2D eigenvalue weighted by Gasteiger charge is -2.53. The molecule has 0 unspecified atom stereocenters. The Morgan fingerprint density at radius 3 is 2.37 bits per heavy atom. The Balaban J connectivity index is 1.36. The monoisotopic (exact) mass is 372 g/mol. The fourth-order valence-electron chi connectivity index (χ4n) is 5.69. The van der Waals surface area contributed by atoms with Gasteiger partial charge < -0.3 is 10.1 Å². The lowest BCUT2D eigenvalue weighted by Crippen LogP contribution is -2.48. The molecule has 1 N–H and O–H groups in total. The maximum absolute atomic E-state index is 12.6. The summed E-state index contributed by atoms with van der Waals surface area (Å²) in [5, 5.41) is 13.7. The highest BCUT2D eigenvalue weighted by Gasteiger charge is 2.51. The molecule has 4 saturated carbocycles. The number of hydrogen-bond acceptors (Lipinski definition) is 5. The third-order valence-electron chi connectivity index (χ3n) is 6.56. The maximum Gasteiger partial charge on any atom is 0.310 e. The van der Waals surface area contributed by atoms with Crippen LogP contribution < -0.4 is 5.32 Å². The van der Waals surface area contributed by atoms with Crippen molar-refractivity contribution in [3.8, 4) is 0 Å². The van der Waals surface area contributed by atoms with Gasteiger partial charge in [-0.1, -0.05) is 12.1 Å². The Bertz CT molecular complexity index is 763.